The van der Waals surface area contributed by atoms with E-state index < -0.39 is 0 Å². The van der Waals surface area contributed by atoms with Crippen LogP contribution in [-0.4, -0.2) is 30.8 Å². The largest absolute Gasteiger partial charge is 0.360 e. The van der Waals surface area contributed by atoms with Crippen LogP contribution in [0.3, 0.4) is 0 Å². The van der Waals surface area contributed by atoms with Crippen LogP contribution < -0.4 is 0 Å². The second-order valence-electron chi connectivity index (χ2n) is 2.82. The van der Waals surface area contributed by atoms with Crippen molar-refractivity contribution in [3.8, 4) is 0 Å². The summed E-state index contributed by atoms with van der Waals surface area (Å²) in [5.41, 5.74) is 0. The lowest BCUT2D eigenvalue weighted by Crippen LogP contribution is -2.41. The number of hydrogen-bond acceptors (Lipinski definition) is 2. The Morgan fingerprint density at radius 2 is 2.11 bits per heavy atom. The minimum absolute atomic E-state index is 0.314. The number of hydrogen-bond donors (Lipinski definition) is 0. The quantitative estimate of drug-likeness (QED) is 0.485. The fourth-order valence-electron chi connectivity index (χ4n) is 1.08. The van der Waals surface area contributed by atoms with E-state index in [1.807, 2.05) is 0 Å². The molecule has 2 atom stereocenters. The van der Waals surface area contributed by atoms with Crippen LogP contribution in [0.2, 0.25) is 0 Å². The highest BCUT2D eigenvalue weighted by atomic mass is 16.5. The van der Waals surface area contributed by atoms with Gasteiger partial charge in [0.05, 0.1) is 6.10 Å². The van der Waals surface area contributed by atoms with Gasteiger partial charge in [-0.3, -0.25) is 4.90 Å². The standard InChI is InChI=1S/C7H15NO/c1-6-4-5-8(3)7(2)9-6/h6-7H,4-5H2,1-3H3/t6-,7+/m1/s1. The zero-order chi connectivity index (χ0) is 6.85. The monoisotopic (exact) mass is 129 g/mol. The summed E-state index contributed by atoms with van der Waals surface area (Å²) in [6.07, 6.45) is 1.94. The summed E-state index contributed by atoms with van der Waals surface area (Å²) in [4.78, 5) is 2.22. The fraction of sp³-hybridized carbons (Fsp3) is 1.00. The second-order valence-corrected chi connectivity index (χ2v) is 2.82. The van der Waals surface area contributed by atoms with Gasteiger partial charge in [-0.15, -0.1) is 0 Å². The second kappa shape index (κ2) is 2.67. The Morgan fingerprint density at radius 3 is 2.56 bits per heavy atom. The van der Waals surface area contributed by atoms with E-state index in [4.69, 9.17) is 4.74 Å². The van der Waals surface area contributed by atoms with E-state index >= 15 is 0 Å². The van der Waals surface area contributed by atoms with E-state index in [-0.39, 0.29) is 0 Å². The third kappa shape index (κ3) is 1.66. The van der Waals surface area contributed by atoms with Crippen molar-refractivity contribution in [2.45, 2.75) is 32.6 Å². The topological polar surface area (TPSA) is 12.5 Å². The molecule has 2 nitrogen and oxygen atoms in total. The molecule has 0 aliphatic carbocycles. The highest BCUT2D eigenvalue weighted by Crippen LogP contribution is 2.12. The van der Waals surface area contributed by atoms with Crippen molar-refractivity contribution >= 4 is 0 Å². The Balaban J connectivity index is 2.35. The van der Waals surface area contributed by atoms with E-state index in [9.17, 15) is 0 Å². The highest BCUT2D eigenvalue weighted by Gasteiger charge is 2.18. The van der Waals surface area contributed by atoms with Gasteiger partial charge in [0.25, 0.3) is 0 Å². The summed E-state index contributed by atoms with van der Waals surface area (Å²) in [7, 11) is 2.09. The normalized spacial score (nSPS) is 39.0. The van der Waals surface area contributed by atoms with Crippen molar-refractivity contribution in [1.82, 2.24) is 4.90 Å². The fourth-order valence-corrected chi connectivity index (χ4v) is 1.08. The zero-order valence-corrected chi connectivity index (χ0v) is 6.42. The van der Waals surface area contributed by atoms with Gasteiger partial charge in [0.15, 0.2) is 0 Å². The molecule has 0 N–H and O–H groups in total. The van der Waals surface area contributed by atoms with Gasteiger partial charge in [0.1, 0.15) is 6.23 Å². The van der Waals surface area contributed by atoms with E-state index in [1.165, 1.54) is 13.0 Å². The molecular weight excluding hydrogens is 114 g/mol. The van der Waals surface area contributed by atoms with Crippen LogP contribution in [0.5, 0.6) is 0 Å². The Labute approximate surface area is 56.8 Å². The number of ether oxygens (including phenoxy) is 1. The van der Waals surface area contributed by atoms with Crippen LogP contribution in [0.4, 0.5) is 0 Å². The number of nitrogens with zero attached hydrogens (tertiary/aromatic N) is 1. The first-order valence-electron chi connectivity index (χ1n) is 3.56. The third-order valence-electron chi connectivity index (χ3n) is 1.94. The van der Waals surface area contributed by atoms with E-state index in [2.05, 4.69) is 25.8 Å². The van der Waals surface area contributed by atoms with Gasteiger partial charge in [-0.05, 0) is 27.3 Å². The molecule has 0 unspecified atom stereocenters. The summed E-state index contributed by atoms with van der Waals surface area (Å²) in [5, 5.41) is 0. The van der Waals surface area contributed by atoms with Crippen molar-refractivity contribution in [2.24, 2.45) is 0 Å². The molecular formula is C7H15NO. The molecule has 1 saturated heterocycles. The van der Waals surface area contributed by atoms with Gasteiger partial charge in [0, 0.05) is 6.54 Å². The molecule has 0 spiro atoms. The smallest absolute Gasteiger partial charge is 0.107 e. The molecule has 9 heavy (non-hydrogen) atoms. The molecule has 0 saturated carbocycles. The van der Waals surface area contributed by atoms with Crippen molar-refractivity contribution in [3.05, 3.63) is 0 Å². The van der Waals surface area contributed by atoms with E-state index in [1.54, 1.807) is 0 Å². The zero-order valence-electron chi connectivity index (χ0n) is 6.42. The van der Waals surface area contributed by atoms with E-state index in [0.717, 1.165) is 0 Å². The van der Waals surface area contributed by atoms with E-state index in [0.29, 0.717) is 12.3 Å². The van der Waals surface area contributed by atoms with Gasteiger partial charge < -0.3 is 4.74 Å². The van der Waals surface area contributed by atoms with Gasteiger partial charge >= 0.3 is 0 Å². The summed E-state index contributed by atoms with van der Waals surface area (Å²) < 4.78 is 5.52. The predicted octanol–water partition coefficient (Wildman–Crippen LogP) is 1.07. The summed E-state index contributed by atoms with van der Waals surface area (Å²) >= 11 is 0. The maximum Gasteiger partial charge on any atom is 0.107 e. The molecule has 54 valence electrons. The van der Waals surface area contributed by atoms with Gasteiger partial charge in [-0.2, -0.15) is 0 Å². The lowest BCUT2D eigenvalue weighted by molar-refractivity contribution is -0.112. The molecule has 1 aliphatic rings. The molecule has 0 bridgehead atoms. The minimum atomic E-state index is 0.314. The Kier molecular flexibility index (Phi) is 2.09. The number of rotatable bonds is 0. The molecule has 0 aromatic heterocycles. The van der Waals surface area contributed by atoms with Crippen LogP contribution in [0.25, 0.3) is 0 Å². The maximum absolute atomic E-state index is 5.52. The average molecular weight is 129 g/mol. The first-order chi connectivity index (χ1) is 4.20. The SMILES string of the molecule is C[C@@H]1CCN(C)[C@H](C)O1. The molecule has 1 heterocycles. The van der Waals surface area contributed by atoms with Crippen molar-refractivity contribution in [1.29, 1.82) is 0 Å². The molecule has 0 amide bonds. The van der Waals surface area contributed by atoms with Gasteiger partial charge in [-0.1, -0.05) is 0 Å². The lowest BCUT2D eigenvalue weighted by Gasteiger charge is -2.33. The highest BCUT2D eigenvalue weighted by molar-refractivity contribution is 4.64. The van der Waals surface area contributed by atoms with Crippen molar-refractivity contribution < 1.29 is 4.74 Å². The molecule has 0 radical (unpaired) electrons. The van der Waals surface area contributed by atoms with Crippen LogP contribution in [-0.2, 0) is 4.74 Å². The Morgan fingerprint density at radius 1 is 1.44 bits per heavy atom. The van der Waals surface area contributed by atoms with Gasteiger partial charge in [0.2, 0.25) is 0 Å². The molecule has 1 rings (SSSR count). The van der Waals surface area contributed by atoms with Gasteiger partial charge in [-0.25, -0.2) is 0 Å². The van der Waals surface area contributed by atoms with Crippen LogP contribution in [0.1, 0.15) is 20.3 Å². The minimum Gasteiger partial charge on any atom is -0.360 e. The molecule has 0 aromatic carbocycles. The molecule has 1 aliphatic heterocycles. The lowest BCUT2D eigenvalue weighted by atomic mass is 10.2. The summed E-state index contributed by atoms with van der Waals surface area (Å²) in [6.45, 7) is 5.39. The molecule has 0 aromatic rings. The van der Waals surface area contributed by atoms with Crippen molar-refractivity contribution in [2.75, 3.05) is 13.6 Å². The van der Waals surface area contributed by atoms with Crippen LogP contribution >= 0.6 is 0 Å². The van der Waals surface area contributed by atoms with Crippen LogP contribution in [0, 0.1) is 0 Å². The third-order valence-corrected chi connectivity index (χ3v) is 1.94. The Hall–Kier alpha value is -0.0800. The predicted molar refractivity (Wildman–Crippen MR) is 37.3 cm³/mol. The first kappa shape index (κ1) is 7.03. The summed E-state index contributed by atoms with van der Waals surface area (Å²) in [6, 6.07) is 0. The maximum atomic E-state index is 5.52. The molecule has 1 fully saturated rings. The average Bonchev–Trinajstić information content (AvgIpc) is 1.80. The molecule has 2 heteroatoms. The Bertz CT molecular complexity index is 94.9. The van der Waals surface area contributed by atoms with Crippen molar-refractivity contribution in [3.63, 3.8) is 0 Å². The summed E-state index contributed by atoms with van der Waals surface area (Å²) in [5.74, 6) is 0. The first-order valence-corrected chi connectivity index (χ1v) is 3.56. The van der Waals surface area contributed by atoms with Crippen LogP contribution in [0.15, 0.2) is 0 Å².